The predicted octanol–water partition coefficient (Wildman–Crippen LogP) is 3.53. The number of primary amides is 1. The molecule has 2 aromatic rings. The first-order valence-electron chi connectivity index (χ1n) is 8.62. The summed E-state index contributed by atoms with van der Waals surface area (Å²) in [6.45, 7) is 1.29. The van der Waals surface area contributed by atoms with Crippen molar-refractivity contribution in [2.45, 2.75) is 19.3 Å². The Morgan fingerprint density at radius 2 is 1.40 bits per heavy atom. The summed E-state index contributed by atoms with van der Waals surface area (Å²) in [5.41, 5.74) is 6.98. The van der Waals surface area contributed by atoms with E-state index in [1.165, 1.54) is 0 Å². The van der Waals surface area contributed by atoms with E-state index in [-0.39, 0.29) is 17.9 Å². The molecule has 25 heavy (non-hydrogen) atoms. The van der Waals surface area contributed by atoms with Gasteiger partial charge in [0.15, 0.2) is 0 Å². The number of nitrogens with two attached hydrogens (primary N) is 1. The summed E-state index contributed by atoms with van der Waals surface area (Å²) in [5, 5.41) is 0. The number of amides is 3. The third-order valence-electron chi connectivity index (χ3n) is 4.59. The highest BCUT2D eigenvalue weighted by Crippen LogP contribution is 2.28. The van der Waals surface area contributed by atoms with Crippen molar-refractivity contribution in [3.8, 4) is 0 Å². The van der Waals surface area contributed by atoms with Gasteiger partial charge in [0.05, 0.1) is 11.4 Å². The van der Waals surface area contributed by atoms with E-state index in [9.17, 15) is 9.59 Å². The lowest BCUT2D eigenvalue weighted by Crippen LogP contribution is -2.45. The highest BCUT2D eigenvalue weighted by atomic mass is 16.2. The van der Waals surface area contributed by atoms with Crippen molar-refractivity contribution < 1.29 is 9.59 Å². The highest BCUT2D eigenvalue weighted by Gasteiger charge is 2.28. The smallest absolute Gasteiger partial charge is 0.329 e. The van der Waals surface area contributed by atoms with Crippen molar-refractivity contribution in [3.63, 3.8) is 0 Å². The molecule has 1 fully saturated rings. The van der Waals surface area contributed by atoms with E-state index in [0.717, 1.165) is 24.2 Å². The fourth-order valence-corrected chi connectivity index (χ4v) is 3.28. The van der Waals surface area contributed by atoms with Gasteiger partial charge in [0, 0.05) is 19.5 Å². The Kier molecular flexibility index (Phi) is 5.33. The molecule has 1 aliphatic heterocycles. The second kappa shape index (κ2) is 7.83. The van der Waals surface area contributed by atoms with Gasteiger partial charge < -0.3 is 10.6 Å². The monoisotopic (exact) mass is 337 g/mol. The Morgan fingerprint density at radius 1 is 0.920 bits per heavy atom. The van der Waals surface area contributed by atoms with Crippen LogP contribution in [0.15, 0.2) is 60.7 Å². The van der Waals surface area contributed by atoms with E-state index >= 15 is 0 Å². The van der Waals surface area contributed by atoms with E-state index in [1.54, 1.807) is 4.90 Å². The Bertz CT molecular complexity index is 671. The molecule has 5 heteroatoms. The number of urea groups is 1. The van der Waals surface area contributed by atoms with Crippen LogP contribution in [0.1, 0.15) is 19.3 Å². The maximum atomic E-state index is 13.2. The van der Waals surface area contributed by atoms with Crippen LogP contribution < -0.4 is 10.6 Å². The van der Waals surface area contributed by atoms with Gasteiger partial charge in [-0.1, -0.05) is 36.4 Å². The standard InChI is InChI=1S/C20H23N3O2/c21-19(24)15-16-11-13-22(14-12-16)20(25)23(17-7-3-1-4-8-17)18-9-5-2-6-10-18/h1-10,16H,11-15H2,(H2,21,24). The van der Waals surface area contributed by atoms with Crippen LogP contribution >= 0.6 is 0 Å². The molecule has 0 radical (unpaired) electrons. The Hall–Kier alpha value is -2.82. The van der Waals surface area contributed by atoms with Gasteiger partial charge >= 0.3 is 6.03 Å². The number of anilines is 2. The number of benzene rings is 2. The van der Waals surface area contributed by atoms with Gasteiger partial charge in [-0.15, -0.1) is 0 Å². The number of hydrogen-bond acceptors (Lipinski definition) is 2. The number of para-hydroxylation sites is 2. The molecular weight excluding hydrogens is 314 g/mol. The lowest BCUT2D eigenvalue weighted by atomic mass is 9.93. The first-order valence-corrected chi connectivity index (χ1v) is 8.62. The van der Waals surface area contributed by atoms with Gasteiger partial charge in [-0.05, 0) is 43.0 Å². The molecule has 5 nitrogen and oxygen atoms in total. The molecule has 0 saturated carbocycles. The molecule has 0 spiro atoms. The molecular formula is C20H23N3O2. The van der Waals surface area contributed by atoms with Crippen LogP contribution in [-0.2, 0) is 4.79 Å². The molecule has 3 rings (SSSR count). The summed E-state index contributed by atoms with van der Waals surface area (Å²) in [6.07, 6.45) is 2.03. The summed E-state index contributed by atoms with van der Waals surface area (Å²) in [5.74, 6) is 0.0171. The third kappa shape index (κ3) is 4.18. The summed E-state index contributed by atoms with van der Waals surface area (Å²) in [6, 6.07) is 19.3. The van der Waals surface area contributed by atoms with Crippen molar-refractivity contribution in [3.05, 3.63) is 60.7 Å². The maximum Gasteiger partial charge on any atom is 0.329 e. The molecule has 2 N–H and O–H groups in total. The number of piperidine rings is 1. The van der Waals surface area contributed by atoms with Gasteiger partial charge in [-0.25, -0.2) is 4.79 Å². The average molecular weight is 337 g/mol. The number of likely N-dealkylation sites (tertiary alicyclic amines) is 1. The molecule has 0 bridgehead atoms. The lowest BCUT2D eigenvalue weighted by Gasteiger charge is -2.35. The molecule has 0 aromatic heterocycles. The number of carbonyl (C=O) groups excluding carboxylic acids is 2. The molecule has 1 aliphatic rings. The second-order valence-corrected chi connectivity index (χ2v) is 6.39. The average Bonchev–Trinajstić information content (AvgIpc) is 2.64. The first-order chi connectivity index (χ1) is 12.1. The number of hydrogen-bond donors (Lipinski definition) is 1. The van der Waals surface area contributed by atoms with E-state index in [1.807, 2.05) is 65.6 Å². The molecule has 1 saturated heterocycles. The van der Waals surface area contributed by atoms with Crippen LogP contribution in [0.4, 0.5) is 16.2 Å². The zero-order valence-electron chi connectivity index (χ0n) is 14.2. The molecule has 0 atom stereocenters. The Balaban J connectivity index is 1.78. The fourth-order valence-electron chi connectivity index (χ4n) is 3.28. The topological polar surface area (TPSA) is 66.6 Å². The fraction of sp³-hybridized carbons (Fsp3) is 0.300. The number of nitrogens with zero attached hydrogens (tertiary/aromatic N) is 2. The summed E-state index contributed by atoms with van der Waals surface area (Å²) >= 11 is 0. The van der Waals surface area contributed by atoms with E-state index in [4.69, 9.17) is 5.73 Å². The van der Waals surface area contributed by atoms with Crippen molar-refractivity contribution in [1.82, 2.24) is 4.90 Å². The summed E-state index contributed by atoms with van der Waals surface area (Å²) < 4.78 is 0. The minimum absolute atomic E-state index is 0.0325. The summed E-state index contributed by atoms with van der Waals surface area (Å²) in [4.78, 5) is 27.9. The van der Waals surface area contributed by atoms with Crippen molar-refractivity contribution in [2.75, 3.05) is 18.0 Å². The summed E-state index contributed by atoms with van der Waals surface area (Å²) in [7, 11) is 0. The third-order valence-corrected chi connectivity index (χ3v) is 4.59. The van der Waals surface area contributed by atoms with Crippen LogP contribution in [0, 0.1) is 5.92 Å². The first kappa shape index (κ1) is 17.0. The van der Waals surface area contributed by atoms with Gasteiger partial charge in [-0.3, -0.25) is 9.69 Å². The minimum Gasteiger partial charge on any atom is -0.370 e. The molecule has 3 amide bonds. The molecule has 0 aliphatic carbocycles. The zero-order chi connectivity index (χ0) is 17.6. The van der Waals surface area contributed by atoms with Crippen molar-refractivity contribution in [1.29, 1.82) is 0 Å². The quantitative estimate of drug-likeness (QED) is 0.927. The van der Waals surface area contributed by atoms with Crippen LogP contribution in [0.5, 0.6) is 0 Å². The van der Waals surface area contributed by atoms with Crippen LogP contribution in [-0.4, -0.2) is 29.9 Å². The molecule has 0 unspecified atom stereocenters. The number of carbonyl (C=O) groups is 2. The van der Waals surface area contributed by atoms with E-state index in [2.05, 4.69) is 0 Å². The Labute approximate surface area is 148 Å². The van der Waals surface area contributed by atoms with Crippen molar-refractivity contribution in [2.24, 2.45) is 11.7 Å². The second-order valence-electron chi connectivity index (χ2n) is 6.39. The van der Waals surface area contributed by atoms with Crippen LogP contribution in [0.3, 0.4) is 0 Å². The highest BCUT2D eigenvalue weighted by molar-refractivity contribution is 5.99. The lowest BCUT2D eigenvalue weighted by molar-refractivity contribution is -0.119. The van der Waals surface area contributed by atoms with E-state index < -0.39 is 0 Å². The van der Waals surface area contributed by atoms with Gasteiger partial charge in [0.25, 0.3) is 0 Å². The molecule has 2 aromatic carbocycles. The Morgan fingerprint density at radius 3 is 1.84 bits per heavy atom. The van der Waals surface area contributed by atoms with Gasteiger partial charge in [0.1, 0.15) is 0 Å². The normalized spacial score (nSPS) is 15.0. The maximum absolute atomic E-state index is 13.2. The largest absolute Gasteiger partial charge is 0.370 e. The SMILES string of the molecule is NC(=O)CC1CCN(C(=O)N(c2ccccc2)c2ccccc2)CC1. The zero-order valence-corrected chi connectivity index (χ0v) is 14.2. The molecule has 130 valence electrons. The number of rotatable bonds is 4. The van der Waals surface area contributed by atoms with Crippen LogP contribution in [0.25, 0.3) is 0 Å². The van der Waals surface area contributed by atoms with E-state index in [0.29, 0.717) is 19.5 Å². The molecule has 1 heterocycles. The van der Waals surface area contributed by atoms with Crippen LogP contribution in [0.2, 0.25) is 0 Å². The van der Waals surface area contributed by atoms with Gasteiger partial charge in [-0.2, -0.15) is 0 Å². The van der Waals surface area contributed by atoms with Gasteiger partial charge in [0.2, 0.25) is 5.91 Å². The minimum atomic E-state index is -0.264. The predicted molar refractivity (Wildman–Crippen MR) is 98.5 cm³/mol. The van der Waals surface area contributed by atoms with Crippen molar-refractivity contribution >= 4 is 23.3 Å².